The maximum Gasteiger partial charge on any atom is 0.130 e. The number of rotatable bonds is 5. The molecule has 0 aliphatic rings. The van der Waals surface area contributed by atoms with Gasteiger partial charge in [0.1, 0.15) is 18.0 Å². The van der Waals surface area contributed by atoms with Gasteiger partial charge in [0.25, 0.3) is 0 Å². The van der Waals surface area contributed by atoms with Gasteiger partial charge < -0.3 is 10.3 Å². The van der Waals surface area contributed by atoms with Crippen LogP contribution in [0.5, 0.6) is 0 Å². The van der Waals surface area contributed by atoms with Gasteiger partial charge in [-0.05, 0) is 48.6 Å². The molecule has 6 heteroatoms. The zero-order valence-electron chi connectivity index (χ0n) is 17.4. The number of benzene rings is 2. The minimum Gasteiger partial charge on any atom is -0.363 e. The molecule has 0 radical (unpaired) electrons. The molecule has 31 heavy (non-hydrogen) atoms. The normalized spacial score (nSPS) is 12.1. The monoisotopic (exact) mass is 406 g/mol. The molecule has 6 nitrogen and oxygen atoms in total. The van der Waals surface area contributed by atoms with Gasteiger partial charge in [-0.1, -0.05) is 30.3 Å². The van der Waals surface area contributed by atoms with E-state index in [9.17, 15) is 0 Å². The molecule has 5 rings (SSSR count). The number of hydrogen-bond donors (Lipinski definition) is 2. The van der Waals surface area contributed by atoms with E-state index in [4.69, 9.17) is 0 Å². The first-order valence-electron chi connectivity index (χ1n) is 10.2. The number of aryl methyl sites for hydroxylation is 1. The van der Waals surface area contributed by atoms with Gasteiger partial charge in [-0.15, -0.1) is 0 Å². The van der Waals surface area contributed by atoms with Gasteiger partial charge in [-0.2, -0.15) is 0 Å². The van der Waals surface area contributed by atoms with E-state index in [1.165, 1.54) is 5.39 Å². The average Bonchev–Trinajstić information content (AvgIpc) is 3.27. The van der Waals surface area contributed by atoms with Gasteiger partial charge in [0.05, 0.1) is 5.69 Å². The van der Waals surface area contributed by atoms with Gasteiger partial charge in [0.15, 0.2) is 0 Å². The van der Waals surface area contributed by atoms with Crippen LogP contribution in [0.15, 0.2) is 79.5 Å². The average molecular weight is 406 g/mol. The Morgan fingerprint density at radius 2 is 1.74 bits per heavy atom. The Bertz CT molecular complexity index is 1340. The molecule has 0 amide bonds. The summed E-state index contributed by atoms with van der Waals surface area (Å²) in [5.74, 6) is 1.53. The van der Waals surface area contributed by atoms with Crippen molar-refractivity contribution >= 4 is 16.7 Å². The topological polar surface area (TPSA) is 79.4 Å². The maximum atomic E-state index is 4.65. The van der Waals surface area contributed by atoms with Crippen LogP contribution in [-0.4, -0.2) is 24.9 Å². The van der Waals surface area contributed by atoms with E-state index < -0.39 is 0 Å². The third kappa shape index (κ3) is 4.00. The highest BCUT2D eigenvalue weighted by Gasteiger charge is 2.11. The summed E-state index contributed by atoms with van der Waals surface area (Å²) in [6.45, 7) is 4.05. The SMILES string of the molecule is Cc1nc(N[C@@H](C)c2cccc(-c3cncnc3)c2)cc(-c2ccc3cc[nH]c3c2)n1. The summed E-state index contributed by atoms with van der Waals surface area (Å²) in [7, 11) is 0. The molecule has 0 aliphatic carbocycles. The van der Waals surface area contributed by atoms with Gasteiger partial charge in [0, 0.05) is 47.3 Å². The molecule has 1 atom stereocenters. The van der Waals surface area contributed by atoms with Crippen molar-refractivity contribution < 1.29 is 0 Å². The van der Waals surface area contributed by atoms with Crippen molar-refractivity contribution in [2.75, 3.05) is 5.32 Å². The van der Waals surface area contributed by atoms with Crippen molar-refractivity contribution in [1.29, 1.82) is 0 Å². The van der Waals surface area contributed by atoms with E-state index in [0.717, 1.165) is 45.1 Å². The molecule has 0 saturated heterocycles. The molecule has 0 bridgehead atoms. The molecule has 0 fully saturated rings. The number of H-pyrrole nitrogens is 1. The van der Waals surface area contributed by atoms with Crippen molar-refractivity contribution in [3.05, 3.63) is 90.9 Å². The van der Waals surface area contributed by atoms with E-state index in [0.29, 0.717) is 0 Å². The maximum absolute atomic E-state index is 4.65. The highest BCUT2D eigenvalue weighted by atomic mass is 15.0. The van der Waals surface area contributed by atoms with Crippen LogP contribution < -0.4 is 5.32 Å². The van der Waals surface area contributed by atoms with E-state index in [1.807, 2.05) is 31.6 Å². The van der Waals surface area contributed by atoms with Gasteiger partial charge in [-0.25, -0.2) is 19.9 Å². The Balaban J connectivity index is 1.42. The molecular formula is C25H22N6. The Kier molecular flexibility index (Phi) is 4.88. The second kappa shape index (κ2) is 7.99. The molecule has 0 saturated carbocycles. The fourth-order valence-corrected chi connectivity index (χ4v) is 3.74. The van der Waals surface area contributed by atoms with Gasteiger partial charge in [-0.3, -0.25) is 0 Å². The zero-order valence-corrected chi connectivity index (χ0v) is 17.4. The largest absolute Gasteiger partial charge is 0.363 e. The fourth-order valence-electron chi connectivity index (χ4n) is 3.74. The Morgan fingerprint density at radius 1 is 0.871 bits per heavy atom. The zero-order chi connectivity index (χ0) is 21.2. The first-order chi connectivity index (χ1) is 15.2. The first-order valence-corrected chi connectivity index (χ1v) is 10.2. The molecule has 2 N–H and O–H groups in total. The molecule has 3 aromatic heterocycles. The number of hydrogen-bond acceptors (Lipinski definition) is 5. The number of fused-ring (bicyclic) bond motifs is 1. The molecule has 0 unspecified atom stereocenters. The lowest BCUT2D eigenvalue weighted by Gasteiger charge is -2.17. The van der Waals surface area contributed by atoms with E-state index in [1.54, 1.807) is 6.33 Å². The summed E-state index contributed by atoms with van der Waals surface area (Å²) >= 11 is 0. The number of aromatic amines is 1. The van der Waals surface area contributed by atoms with Crippen LogP contribution in [0, 0.1) is 6.92 Å². The number of aromatic nitrogens is 5. The van der Waals surface area contributed by atoms with Crippen molar-refractivity contribution in [3.63, 3.8) is 0 Å². The van der Waals surface area contributed by atoms with E-state index in [2.05, 4.69) is 85.7 Å². The van der Waals surface area contributed by atoms with E-state index in [-0.39, 0.29) is 6.04 Å². The summed E-state index contributed by atoms with van der Waals surface area (Å²) in [6.07, 6.45) is 7.14. The minimum absolute atomic E-state index is 0.0672. The second-order valence-electron chi connectivity index (χ2n) is 7.58. The summed E-state index contributed by atoms with van der Waals surface area (Å²) in [4.78, 5) is 20.8. The molecule has 2 aromatic carbocycles. The lowest BCUT2D eigenvalue weighted by molar-refractivity contribution is 0.868. The van der Waals surface area contributed by atoms with Gasteiger partial charge in [0.2, 0.25) is 0 Å². The van der Waals surface area contributed by atoms with Crippen LogP contribution in [0.1, 0.15) is 24.4 Å². The van der Waals surface area contributed by atoms with Crippen molar-refractivity contribution in [3.8, 4) is 22.4 Å². The third-order valence-corrected chi connectivity index (χ3v) is 5.33. The molecule has 3 heterocycles. The van der Waals surface area contributed by atoms with Crippen LogP contribution in [0.25, 0.3) is 33.3 Å². The summed E-state index contributed by atoms with van der Waals surface area (Å²) in [6, 6.07) is 18.8. The van der Waals surface area contributed by atoms with Gasteiger partial charge >= 0.3 is 0 Å². The number of nitrogens with zero attached hydrogens (tertiary/aromatic N) is 4. The molecular weight excluding hydrogens is 384 g/mol. The highest BCUT2D eigenvalue weighted by molar-refractivity contribution is 5.84. The van der Waals surface area contributed by atoms with E-state index >= 15 is 0 Å². The standard InChI is InChI=1S/C25H22N6/c1-16(19-4-3-5-20(10-19)22-13-26-15-27-14-22)29-25-12-24(30-17(2)31-25)21-7-6-18-8-9-28-23(18)11-21/h3-16,28H,1-2H3,(H,29,30,31)/t16-/m0/s1. The van der Waals surface area contributed by atoms with Crippen LogP contribution in [0.3, 0.4) is 0 Å². The summed E-state index contributed by atoms with van der Waals surface area (Å²) < 4.78 is 0. The quantitative estimate of drug-likeness (QED) is 0.399. The van der Waals surface area contributed by atoms with Crippen molar-refractivity contribution in [2.24, 2.45) is 0 Å². The first kappa shape index (κ1) is 18.9. The number of anilines is 1. The number of nitrogens with one attached hydrogen (secondary N) is 2. The highest BCUT2D eigenvalue weighted by Crippen LogP contribution is 2.27. The smallest absolute Gasteiger partial charge is 0.130 e. The Labute approximate surface area is 180 Å². The fraction of sp³-hybridized carbons (Fsp3) is 0.120. The van der Waals surface area contributed by atoms with Crippen LogP contribution >= 0.6 is 0 Å². The predicted molar refractivity (Wildman–Crippen MR) is 124 cm³/mol. The summed E-state index contributed by atoms with van der Waals surface area (Å²) in [5, 5.41) is 4.72. The van der Waals surface area contributed by atoms with Crippen molar-refractivity contribution in [2.45, 2.75) is 19.9 Å². The van der Waals surface area contributed by atoms with Crippen molar-refractivity contribution in [1.82, 2.24) is 24.9 Å². The molecule has 152 valence electrons. The summed E-state index contributed by atoms with van der Waals surface area (Å²) in [5.41, 5.74) is 6.29. The molecule has 0 spiro atoms. The third-order valence-electron chi connectivity index (χ3n) is 5.33. The lowest BCUT2D eigenvalue weighted by Crippen LogP contribution is -2.09. The minimum atomic E-state index is 0.0672. The van der Waals surface area contributed by atoms with Crippen LogP contribution in [0.2, 0.25) is 0 Å². The predicted octanol–water partition coefficient (Wildman–Crippen LogP) is 5.56. The van der Waals surface area contributed by atoms with Crippen LogP contribution in [-0.2, 0) is 0 Å². The van der Waals surface area contributed by atoms with Crippen LogP contribution in [0.4, 0.5) is 5.82 Å². The molecule has 0 aliphatic heterocycles. The Hall–Kier alpha value is -4.06. The lowest BCUT2D eigenvalue weighted by atomic mass is 10.0. The Morgan fingerprint density at radius 3 is 2.61 bits per heavy atom. The molecule has 5 aromatic rings. The second-order valence-corrected chi connectivity index (χ2v) is 7.58.